The Morgan fingerprint density at radius 2 is 2.09 bits per heavy atom. The number of anilines is 1. The Balaban J connectivity index is 1.75. The Kier molecular flexibility index (Phi) is 4.41. The molecule has 3 aromatic rings. The molecule has 0 saturated carbocycles. The first-order valence-electron chi connectivity index (χ1n) is 6.86. The van der Waals surface area contributed by atoms with Crippen LogP contribution in [0.5, 0.6) is 0 Å². The highest BCUT2D eigenvalue weighted by Gasteiger charge is 2.12. The van der Waals surface area contributed by atoms with E-state index in [4.69, 9.17) is 27.6 Å². The summed E-state index contributed by atoms with van der Waals surface area (Å²) in [5.74, 6) is 0.361. The second-order valence-electron chi connectivity index (χ2n) is 5.01. The minimum atomic E-state index is -0.339. The molecule has 1 N–H and O–H groups in total. The van der Waals surface area contributed by atoms with Crippen molar-refractivity contribution in [1.82, 2.24) is 9.78 Å². The van der Waals surface area contributed by atoms with E-state index in [0.717, 1.165) is 11.3 Å². The van der Waals surface area contributed by atoms with Crippen LogP contribution in [0.25, 0.3) is 0 Å². The Labute approximate surface area is 142 Å². The maximum atomic E-state index is 11.9. The molecule has 23 heavy (non-hydrogen) atoms. The number of amides is 1. The van der Waals surface area contributed by atoms with Gasteiger partial charge in [0, 0.05) is 11.8 Å². The Morgan fingerprint density at radius 1 is 1.26 bits per heavy atom. The highest BCUT2D eigenvalue weighted by atomic mass is 35.5. The molecular weight excluding hydrogens is 337 g/mol. The van der Waals surface area contributed by atoms with Crippen molar-refractivity contribution in [3.8, 4) is 0 Å². The molecule has 5 nitrogen and oxygen atoms in total. The van der Waals surface area contributed by atoms with Crippen molar-refractivity contribution >= 4 is 34.9 Å². The van der Waals surface area contributed by atoms with Crippen LogP contribution >= 0.6 is 23.2 Å². The number of benzene rings is 1. The molecule has 0 atom stereocenters. The van der Waals surface area contributed by atoms with Crippen LogP contribution in [-0.4, -0.2) is 15.7 Å². The fraction of sp³-hybridized carbons (Fsp3) is 0.125. The summed E-state index contributed by atoms with van der Waals surface area (Å²) < 4.78 is 6.83. The molecule has 0 aliphatic rings. The number of halogens is 2. The third kappa shape index (κ3) is 3.57. The standard InChI is InChI=1S/C16H13Cl2N3O2/c1-10-7-15(19-16(22)14-3-2-6-23-14)20-21(10)9-11-4-5-12(17)13(18)8-11/h2-8H,9H2,1H3,(H,19,20,22). The number of hydrogen-bond donors (Lipinski definition) is 1. The lowest BCUT2D eigenvalue weighted by atomic mass is 10.2. The summed E-state index contributed by atoms with van der Waals surface area (Å²) in [6, 6.07) is 10.5. The van der Waals surface area contributed by atoms with Gasteiger partial charge in [-0.3, -0.25) is 9.48 Å². The zero-order valence-electron chi connectivity index (χ0n) is 12.2. The lowest BCUT2D eigenvalue weighted by Gasteiger charge is -2.06. The highest BCUT2D eigenvalue weighted by Crippen LogP contribution is 2.23. The molecule has 0 unspecified atom stereocenters. The third-order valence-electron chi connectivity index (χ3n) is 3.28. The quantitative estimate of drug-likeness (QED) is 0.759. The molecular formula is C16H13Cl2N3O2. The zero-order chi connectivity index (χ0) is 16.4. The van der Waals surface area contributed by atoms with Crippen molar-refractivity contribution in [2.75, 3.05) is 5.32 Å². The average Bonchev–Trinajstić information content (AvgIpc) is 3.14. The van der Waals surface area contributed by atoms with Crippen LogP contribution in [0.15, 0.2) is 47.1 Å². The van der Waals surface area contributed by atoms with Crippen LogP contribution in [0.4, 0.5) is 5.82 Å². The smallest absolute Gasteiger partial charge is 0.292 e. The van der Waals surface area contributed by atoms with E-state index in [1.807, 2.05) is 13.0 Å². The number of aromatic nitrogens is 2. The summed E-state index contributed by atoms with van der Waals surface area (Å²) in [5, 5.41) is 8.09. The minimum absolute atomic E-state index is 0.238. The first kappa shape index (κ1) is 15.6. The van der Waals surface area contributed by atoms with E-state index in [1.165, 1.54) is 6.26 Å². The van der Waals surface area contributed by atoms with Gasteiger partial charge in [0.1, 0.15) is 0 Å². The number of rotatable bonds is 4. The van der Waals surface area contributed by atoms with Gasteiger partial charge in [0.2, 0.25) is 0 Å². The molecule has 7 heteroatoms. The van der Waals surface area contributed by atoms with Crippen LogP contribution in [0, 0.1) is 6.92 Å². The molecule has 0 saturated heterocycles. The predicted octanol–water partition coefficient (Wildman–Crippen LogP) is 4.39. The zero-order valence-corrected chi connectivity index (χ0v) is 13.7. The van der Waals surface area contributed by atoms with Gasteiger partial charge in [0.15, 0.2) is 11.6 Å². The summed E-state index contributed by atoms with van der Waals surface area (Å²) in [6.45, 7) is 2.44. The topological polar surface area (TPSA) is 60.1 Å². The summed E-state index contributed by atoms with van der Waals surface area (Å²) in [7, 11) is 0. The van der Waals surface area contributed by atoms with Crippen LogP contribution in [0.3, 0.4) is 0 Å². The average molecular weight is 350 g/mol. The molecule has 0 aliphatic carbocycles. The van der Waals surface area contributed by atoms with Crippen molar-refractivity contribution in [1.29, 1.82) is 0 Å². The van der Waals surface area contributed by atoms with E-state index in [9.17, 15) is 4.79 Å². The lowest BCUT2D eigenvalue weighted by Crippen LogP contribution is -2.12. The fourth-order valence-electron chi connectivity index (χ4n) is 2.13. The summed E-state index contributed by atoms with van der Waals surface area (Å²) in [4.78, 5) is 11.9. The van der Waals surface area contributed by atoms with Crippen molar-refractivity contribution in [2.45, 2.75) is 13.5 Å². The van der Waals surface area contributed by atoms with E-state index < -0.39 is 0 Å². The molecule has 0 radical (unpaired) electrons. The van der Waals surface area contributed by atoms with Gasteiger partial charge in [0.05, 0.1) is 22.9 Å². The monoisotopic (exact) mass is 349 g/mol. The molecule has 118 valence electrons. The van der Waals surface area contributed by atoms with E-state index in [-0.39, 0.29) is 11.7 Å². The number of nitrogens with one attached hydrogen (secondary N) is 1. The minimum Gasteiger partial charge on any atom is -0.459 e. The Morgan fingerprint density at radius 3 is 2.78 bits per heavy atom. The van der Waals surface area contributed by atoms with Crippen LogP contribution in [0.1, 0.15) is 21.8 Å². The van der Waals surface area contributed by atoms with Crippen molar-refractivity contribution in [3.05, 3.63) is 69.7 Å². The normalized spacial score (nSPS) is 10.7. The predicted molar refractivity (Wildman–Crippen MR) is 89.2 cm³/mol. The molecule has 2 heterocycles. The highest BCUT2D eigenvalue weighted by molar-refractivity contribution is 6.42. The number of carbonyl (C=O) groups is 1. The number of hydrogen-bond acceptors (Lipinski definition) is 3. The van der Waals surface area contributed by atoms with Gasteiger partial charge in [-0.05, 0) is 36.8 Å². The molecule has 3 rings (SSSR count). The van der Waals surface area contributed by atoms with Gasteiger partial charge >= 0.3 is 0 Å². The molecule has 0 aliphatic heterocycles. The molecule has 0 bridgehead atoms. The van der Waals surface area contributed by atoms with Crippen molar-refractivity contribution in [2.24, 2.45) is 0 Å². The van der Waals surface area contributed by atoms with Gasteiger partial charge in [-0.15, -0.1) is 0 Å². The number of furan rings is 1. The number of carbonyl (C=O) groups excluding carboxylic acids is 1. The van der Waals surface area contributed by atoms with E-state index in [2.05, 4.69) is 10.4 Å². The number of nitrogens with zero attached hydrogens (tertiary/aromatic N) is 2. The summed E-state index contributed by atoms with van der Waals surface area (Å²) in [6.07, 6.45) is 1.45. The van der Waals surface area contributed by atoms with Crippen LogP contribution in [-0.2, 0) is 6.54 Å². The summed E-state index contributed by atoms with van der Waals surface area (Å²) in [5.41, 5.74) is 1.88. The van der Waals surface area contributed by atoms with Gasteiger partial charge < -0.3 is 9.73 Å². The first-order valence-corrected chi connectivity index (χ1v) is 7.62. The van der Waals surface area contributed by atoms with E-state index >= 15 is 0 Å². The van der Waals surface area contributed by atoms with Gasteiger partial charge in [0.25, 0.3) is 5.91 Å². The molecule has 2 aromatic heterocycles. The Bertz CT molecular complexity index is 841. The number of aryl methyl sites for hydroxylation is 1. The SMILES string of the molecule is Cc1cc(NC(=O)c2ccco2)nn1Cc1ccc(Cl)c(Cl)c1. The maximum Gasteiger partial charge on any atom is 0.292 e. The second-order valence-corrected chi connectivity index (χ2v) is 5.82. The molecule has 1 aromatic carbocycles. The first-order chi connectivity index (χ1) is 11.0. The largest absolute Gasteiger partial charge is 0.459 e. The lowest BCUT2D eigenvalue weighted by molar-refractivity contribution is 0.0996. The third-order valence-corrected chi connectivity index (χ3v) is 4.02. The van der Waals surface area contributed by atoms with Gasteiger partial charge in [-0.2, -0.15) is 5.10 Å². The van der Waals surface area contributed by atoms with Crippen molar-refractivity contribution in [3.63, 3.8) is 0 Å². The van der Waals surface area contributed by atoms with Gasteiger partial charge in [-0.25, -0.2) is 0 Å². The maximum absolute atomic E-state index is 11.9. The van der Waals surface area contributed by atoms with Crippen LogP contribution in [0.2, 0.25) is 10.0 Å². The van der Waals surface area contributed by atoms with Crippen LogP contribution < -0.4 is 5.32 Å². The molecule has 0 spiro atoms. The van der Waals surface area contributed by atoms with E-state index in [0.29, 0.717) is 22.4 Å². The Hall–Kier alpha value is -2.24. The van der Waals surface area contributed by atoms with E-state index in [1.54, 1.807) is 35.0 Å². The second kappa shape index (κ2) is 6.48. The van der Waals surface area contributed by atoms with Crippen molar-refractivity contribution < 1.29 is 9.21 Å². The molecule has 0 fully saturated rings. The molecule has 1 amide bonds. The fourth-order valence-corrected chi connectivity index (χ4v) is 2.45. The van der Waals surface area contributed by atoms with Gasteiger partial charge in [-0.1, -0.05) is 29.3 Å². The summed E-state index contributed by atoms with van der Waals surface area (Å²) >= 11 is 11.9.